The molecule has 0 aliphatic heterocycles. The summed E-state index contributed by atoms with van der Waals surface area (Å²) in [5.74, 6) is -0.0485. The molecule has 2 aromatic rings. The summed E-state index contributed by atoms with van der Waals surface area (Å²) in [5.41, 5.74) is 0.947. The maximum absolute atomic E-state index is 12.7. The van der Waals surface area contributed by atoms with Gasteiger partial charge in [0.2, 0.25) is 5.95 Å². The van der Waals surface area contributed by atoms with Gasteiger partial charge in [0.05, 0.1) is 25.4 Å². The van der Waals surface area contributed by atoms with Crippen molar-refractivity contribution in [3.63, 3.8) is 0 Å². The molecule has 0 radical (unpaired) electrons. The molecule has 23 heavy (non-hydrogen) atoms. The SMILES string of the molecule is OCCn1ncc2c1CCC[C@@H]2Nc1nccc(C(F)(F)F)n1. The molecule has 0 aromatic carbocycles. The zero-order valence-electron chi connectivity index (χ0n) is 12.2. The first kappa shape index (κ1) is 15.7. The molecule has 2 N–H and O–H groups in total. The highest BCUT2D eigenvalue weighted by molar-refractivity contribution is 5.35. The van der Waals surface area contributed by atoms with Gasteiger partial charge in [0.25, 0.3) is 0 Å². The predicted octanol–water partition coefficient (Wildman–Crippen LogP) is 2.17. The van der Waals surface area contributed by atoms with E-state index in [4.69, 9.17) is 5.11 Å². The van der Waals surface area contributed by atoms with Crippen molar-refractivity contribution in [3.8, 4) is 0 Å². The summed E-state index contributed by atoms with van der Waals surface area (Å²) in [5, 5.41) is 16.2. The molecule has 0 spiro atoms. The van der Waals surface area contributed by atoms with E-state index >= 15 is 0 Å². The lowest BCUT2D eigenvalue weighted by Gasteiger charge is -2.24. The van der Waals surface area contributed by atoms with Crippen LogP contribution in [-0.4, -0.2) is 31.5 Å². The number of hydrogen-bond donors (Lipinski definition) is 2. The van der Waals surface area contributed by atoms with Gasteiger partial charge >= 0.3 is 6.18 Å². The number of anilines is 1. The second-order valence-corrected chi connectivity index (χ2v) is 5.35. The van der Waals surface area contributed by atoms with Crippen LogP contribution >= 0.6 is 0 Å². The van der Waals surface area contributed by atoms with Crippen molar-refractivity contribution in [2.45, 2.75) is 38.0 Å². The number of halogens is 3. The number of nitrogens with one attached hydrogen (secondary N) is 1. The maximum Gasteiger partial charge on any atom is 0.433 e. The van der Waals surface area contributed by atoms with E-state index in [1.54, 1.807) is 10.9 Å². The average molecular weight is 327 g/mol. The number of fused-ring (bicyclic) bond motifs is 1. The van der Waals surface area contributed by atoms with Gasteiger partial charge in [-0.25, -0.2) is 9.97 Å². The van der Waals surface area contributed by atoms with E-state index in [1.165, 1.54) is 0 Å². The zero-order chi connectivity index (χ0) is 16.4. The van der Waals surface area contributed by atoms with E-state index in [2.05, 4.69) is 20.4 Å². The first-order chi connectivity index (χ1) is 11.0. The Bertz CT molecular complexity index is 685. The summed E-state index contributed by atoms with van der Waals surface area (Å²) in [6.07, 6.45) is 0.755. The van der Waals surface area contributed by atoms with Gasteiger partial charge in [-0.3, -0.25) is 4.68 Å². The predicted molar refractivity (Wildman–Crippen MR) is 75.6 cm³/mol. The lowest BCUT2D eigenvalue weighted by Crippen LogP contribution is -2.20. The van der Waals surface area contributed by atoms with Crippen molar-refractivity contribution in [3.05, 3.63) is 35.4 Å². The summed E-state index contributed by atoms with van der Waals surface area (Å²) in [6, 6.07) is 0.659. The number of aliphatic hydroxyl groups excluding tert-OH is 1. The third-order valence-corrected chi connectivity index (χ3v) is 3.82. The zero-order valence-corrected chi connectivity index (χ0v) is 12.2. The highest BCUT2D eigenvalue weighted by atomic mass is 19.4. The molecule has 2 heterocycles. The number of aromatic nitrogens is 4. The number of aliphatic hydroxyl groups is 1. The van der Waals surface area contributed by atoms with Crippen LogP contribution in [0.1, 0.15) is 35.8 Å². The number of nitrogens with zero attached hydrogens (tertiary/aromatic N) is 4. The Kier molecular flexibility index (Phi) is 4.20. The monoisotopic (exact) mass is 327 g/mol. The molecule has 0 amide bonds. The Morgan fingerprint density at radius 1 is 1.39 bits per heavy atom. The number of alkyl halides is 3. The molecule has 0 saturated carbocycles. The van der Waals surface area contributed by atoms with Crippen molar-refractivity contribution in [2.75, 3.05) is 11.9 Å². The Hall–Kier alpha value is -2.16. The van der Waals surface area contributed by atoms with Gasteiger partial charge in [0.15, 0.2) is 0 Å². The molecular weight excluding hydrogens is 311 g/mol. The van der Waals surface area contributed by atoms with Gasteiger partial charge in [0.1, 0.15) is 5.69 Å². The minimum atomic E-state index is -4.50. The van der Waals surface area contributed by atoms with E-state index in [-0.39, 0.29) is 18.6 Å². The molecule has 124 valence electrons. The lowest BCUT2D eigenvalue weighted by atomic mass is 9.93. The van der Waals surface area contributed by atoms with Crippen LogP contribution in [0.3, 0.4) is 0 Å². The fourth-order valence-electron chi connectivity index (χ4n) is 2.80. The van der Waals surface area contributed by atoms with Gasteiger partial charge in [-0.05, 0) is 25.3 Å². The van der Waals surface area contributed by atoms with Gasteiger partial charge in [0, 0.05) is 17.5 Å². The Labute approximate surface area is 130 Å². The smallest absolute Gasteiger partial charge is 0.394 e. The molecule has 0 saturated heterocycles. The molecule has 0 fully saturated rings. The summed E-state index contributed by atoms with van der Waals surface area (Å²) >= 11 is 0. The van der Waals surface area contributed by atoms with Crippen molar-refractivity contribution < 1.29 is 18.3 Å². The van der Waals surface area contributed by atoms with Gasteiger partial charge in [-0.2, -0.15) is 18.3 Å². The molecule has 1 aliphatic carbocycles. The van der Waals surface area contributed by atoms with Crippen molar-refractivity contribution in [1.29, 1.82) is 0 Å². The van der Waals surface area contributed by atoms with Crippen LogP contribution in [-0.2, 0) is 19.1 Å². The third-order valence-electron chi connectivity index (χ3n) is 3.82. The van der Waals surface area contributed by atoms with Crippen LogP contribution in [0.25, 0.3) is 0 Å². The Balaban J connectivity index is 1.83. The summed E-state index contributed by atoms with van der Waals surface area (Å²) in [6.45, 7) is 0.394. The molecule has 1 aliphatic rings. The second-order valence-electron chi connectivity index (χ2n) is 5.35. The number of hydrogen-bond acceptors (Lipinski definition) is 5. The minimum absolute atomic E-state index is 0.0110. The first-order valence-electron chi connectivity index (χ1n) is 7.31. The van der Waals surface area contributed by atoms with Crippen LogP contribution in [0.4, 0.5) is 19.1 Å². The summed E-state index contributed by atoms with van der Waals surface area (Å²) in [4.78, 5) is 7.41. The molecule has 6 nitrogen and oxygen atoms in total. The quantitative estimate of drug-likeness (QED) is 0.900. The van der Waals surface area contributed by atoms with Crippen LogP contribution in [0.2, 0.25) is 0 Å². The first-order valence-corrected chi connectivity index (χ1v) is 7.31. The second kappa shape index (κ2) is 6.15. The molecule has 3 rings (SSSR count). The average Bonchev–Trinajstić information content (AvgIpc) is 2.92. The normalized spacial score (nSPS) is 17.8. The largest absolute Gasteiger partial charge is 0.433 e. The van der Waals surface area contributed by atoms with Gasteiger partial charge in [-0.1, -0.05) is 0 Å². The van der Waals surface area contributed by atoms with Crippen molar-refractivity contribution >= 4 is 5.95 Å². The Morgan fingerprint density at radius 2 is 2.22 bits per heavy atom. The van der Waals surface area contributed by atoms with Crippen LogP contribution < -0.4 is 5.32 Å². The lowest BCUT2D eigenvalue weighted by molar-refractivity contribution is -0.141. The number of rotatable bonds is 4. The molecular formula is C14H16F3N5O. The van der Waals surface area contributed by atoms with Crippen molar-refractivity contribution in [2.24, 2.45) is 0 Å². The van der Waals surface area contributed by atoms with Crippen LogP contribution in [0.15, 0.2) is 18.5 Å². The Morgan fingerprint density at radius 3 is 2.96 bits per heavy atom. The van der Waals surface area contributed by atoms with E-state index in [1.807, 2.05) is 0 Å². The highest BCUT2D eigenvalue weighted by Gasteiger charge is 2.33. The van der Waals surface area contributed by atoms with E-state index in [9.17, 15) is 13.2 Å². The molecule has 0 bridgehead atoms. The van der Waals surface area contributed by atoms with Crippen LogP contribution in [0, 0.1) is 0 Å². The standard InChI is InChI=1S/C14H16F3N5O/c15-14(16,17)12-4-5-18-13(21-12)20-10-2-1-3-11-9(10)8-19-22(11)6-7-23/h4-5,8,10,23H,1-3,6-7H2,(H,18,20,21)/t10-/m0/s1. The van der Waals surface area contributed by atoms with Crippen LogP contribution in [0.5, 0.6) is 0 Å². The minimum Gasteiger partial charge on any atom is -0.394 e. The van der Waals surface area contributed by atoms with Gasteiger partial charge < -0.3 is 10.4 Å². The summed E-state index contributed by atoms with van der Waals surface area (Å²) in [7, 11) is 0. The van der Waals surface area contributed by atoms with Gasteiger partial charge in [-0.15, -0.1) is 0 Å². The van der Waals surface area contributed by atoms with Crippen molar-refractivity contribution in [1.82, 2.24) is 19.7 Å². The fraction of sp³-hybridized carbons (Fsp3) is 0.500. The molecule has 0 unspecified atom stereocenters. The summed E-state index contributed by atoms with van der Waals surface area (Å²) < 4.78 is 39.9. The molecule has 9 heteroatoms. The maximum atomic E-state index is 12.7. The van der Waals surface area contributed by atoms with E-state index < -0.39 is 11.9 Å². The van der Waals surface area contributed by atoms with E-state index in [0.29, 0.717) is 6.54 Å². The third kappa shape index (κ3) is 3.29. The van der Waals surface area contributed by atoms with E-state index in [0.717, 1.165) is 42.8 Å². The molecule has 1 atom stereocenters. The highest BCUT2D eigenvalue weighted by Crippen LogP contribution is 2.32. The fourth-order valence-corrected chi connectivity index (χ4v) is 2.80. The topological polar surface area (TPSA) is 75.9 Å². The molecule has 2 aromatic heterocycles.